The third kappa shape index (κ3) is 40.1. The molecule has 0 aliphatic rings. The molecule has 0 aromatic rings. The summed E-state index contributed by atoms with van der Waals surface area (Å²) in [6.07, 6.45) is 56.8. The summed E-state index contributed by atoms with van der Waals surface area (Å²) in [6.45, 7) is 3.99. The molecule has 5 nitrogen and oxygen atoms in total. The van der Waals surface area contributed by atoms with Gasteiger partial charge in [-0.2, -0.15) is 0 Å². The van der Waals surface area contributed by atoms with Crippen LogP contribution in [0, 0.1) is 0 Å². The van der Waals surface area contributed by atoms with Gasteiger partial charge in [-0.15, -0.1) is 0 Å². The molecule has 1 atom stereocenters. The van der Waals surface area contributed by atoms with E-state index in [0.717, 1.165) is 77.0 Å². The predicted octanol–water partition coefficient (Wildman–Crippen LogP) is 13.7. The van der Waals surface area contributed by atoms with Crippen LogP contribution in [0.25, 0.3) is 0 Å². The summed E-state index contributed by atoms with van der Waals surface area (Å²) in [7, 11) is 0. The first-order valence-electron chi connectivity index (χ1n) is 21.5. The number of carbonyl (C=O) groups is 2. The summed E-state index contributed by atoms with van der Waals surface area (Å²) in [5, 5.41) is 9.58. The zero-order valence-electron chi connectivity index (χ0n) is 33.8. The molecular formula is C47H80O5. The molecule has 5 heteroatoms. The van der Waals surface area contributed by atoms with E-state index in [1.54, 1.807) is 0 Å². The molecular weight excluding hydrogens is 645 g/mol. The molecule has 0 aliphatic heterocycles. The van der Waals surface area contributed by atoms with Gasteiger partial charge < -0.3 is 14.6 Å². The first-order chi connectivity index (χ1) is 25.6. The Labute approximate surface area is 321 Å². The molecule has 0 spiro atoms. The molecule has 0 bridgehead atoms. The Morgan fingerprint density at radius 1 is 0.462 bits per heavy atom. The number of allylic oxidation sites excluding steroid dienone is 12. The maximum Gasteiger partial charge on any atom is 0.306 e. The Balaban J connectivity index is 3.62. The zero-order chi connectivity index (χ0) is 37.8. The van der Waals surface area contributed by atoms with Crippen LogP contribution in [0.2, 0.25) is 0 Å². The van der Waals surface area contributed by atoms with Crippen LogP contribution in [0.1, 0.15) is 194 Å². The van der Waals surface area contributed by atoms with E-state index in [1.165, 1.54) is 89.9 Å². The summed E-state index contributed by atoms with van der Waals surface area (Å²) >= 11 is 0. The Morgan fingerprint density at radius 3 is 1.29 bits per heavy atom. The molecule has 52 heavy (non-hydrogen) atoms. The zero-order valence-corrected chi connectivity index (χ0v) is 33.8. The maximum absolute atomic E-state index is 12.2. The van der Waals surface area contributed by atoms with Gasteiger partial charge in [-0.3, -0.25) is 9.59 Å². The van der Waals surface area contributed by atoms with Crippen molar-refractivity contribution in [2.45, 2.75) is 200 Å². The van der Waals surface area contributed by atoms with Crippen molar-refractivity contribution in [1.29, 1.82) is 0 Å². The van der Waals surface area contributed by atoms with Crippen LogP contribution in [0.3, 0.4) is 0 Å². The minimum atomic E-state index is -0.789. The molecule has 0 heterocycles. The third-order valence-corrected chi connectivity index (χ3v) is 8.98. The lowest BCUT2D eigenvalue weighted by Crippen LogP contribution is -2.28. The van der Waals surface area contributed by atoms with Crippen molar-refractivity contribution in [1.82, 2.24) is 0 Å². The number of rotatable bonds is 38. The molecule has 0 rings (SSSR count). The fourth-order valence-corrected chi connectivity index (χ4v) is 5.75. The molecule has 1 unspecified atom stereocenters. The van der Waals surface area contributed by atoms with E-state index in [0.29, 0.717) is 12.8 Å². The van der Waals surface area contributed by atoms with Gasteiger partial charge in [0.2, 0.25) is 0 Å². The summed E-state index contributed by atoms with van der Waals surface area (Å²) in [5.74, 6) is -0.633. The van der Waals surface area contributed by atoms with Gasteiger partial charge in [-0.25, -0.2) is 0 Å². The van der Waals surface area contributed by atoms with Crippen molar-refractivity contribution < 1.29 is 24.2 Å². The first kappa shape index (κ1) is 49.3. The Morgan fingerprint density at radius 2 is 0.827 bits per heavy atom. The van der Waals surface area contributed by atoms with Crippen LogP contribution in [-0.4, -0.2) is 36.4 Å². The van der Waals surface area contributed by atoms with E-state index in [9.17, 15) is 14.7 Å². The van der Waals surface area contributed by atoms with Crippen LogP contribution in [-0.2, 0) is 19.1 Å². The number of unbranched alkanes of at least 4 members (excludes halogenated alkanes) is 18. The summed E-state index contributed by atoms with van der Waals surface area (Å²) in [5.41, 5.74) is 0. The van der Waals surface area contributed by atoms with E-state index in [1.807, 2.05) is 0 Å². The van der Waals surface area contributed by atoms with Crippen molar-refractivity contribution in [2.75, 3.05) is 13.2 Å². The Kier molecular flexibility index (Phi) is 40.6. The van der Waals surface area contributed by atoms with Gasteiger partial charge in [0.15, 0.2) is 6.10 Å². The quantitative estimate of drug-likeness (QED) is 0.0390. The molecule has 0 aromatic heterocycles. The smallest absolute Gasteiger partial charge is 0.306 e. The van der Waals surface area contributed by atoms with Gasteiger partial charge >= 0.3 is 11.9 Å². The van der Waals surface area contributed by atoms with Crippen molar-refractivity contribution >= 4 is 11.9 Å². The molecule has 0 aromatic carbocycles. The van der Waals surface area contributed by atoms with E-state index in [2.05, 4.69) is 86.8 Å². The molecule has 0 radical (unpaired) electrons. The third-order valence-electron chi connectivity index (χ3n) is 8.98. The standard InChI is InChI=1S/C47H80O5/c1-3-5-7-9-11-13-15-17-19-21-23-25-27-29-31-33-35-37-39-41-46(49)51-44-45(43-48)52-47(50)42-40-38-36-34-32-30-28-26-24-22-20-18-16-14-12-10-8-6-4-2/h5,7,11,13,17-20,23,25,29,31,45,48H,3-4,6,8-10,12,14-16,21-22,24,26-28,30,32-44H2,1-2H3. The second kappa shape index (κ2) is 42.8. The van der Waals surface area contributed by atoms with Gasteiger partial charge in [0.1, 0.15) is 6.61 Å². The van der Waals surface area contributed by atoms with Crippen LogP contribution in [0.15, 0.2) is 72.9 Å². The Bertz CT molecular complexity index is 957. The monoisotopic (exact) mass is 725 g/mol. The summed E-state index contributed by atoms with van der Waals surface area (Å²) < 4.78 is 10.6. The number of aliphatic hydroxyl groups is 1. The lowest BCUT2D eigenvalue weighted by atomic mass is 10.1. The van der Waals surface area contributed by atoms with Crippen molar-refractivity contribution in [2.24, 2.45) is 0 Å². The number of hydrogen-bond donors (Lipinski definition) is 1. The predicted molar refractivity (Wildman–Crippen MR) is 223 cm³/mol. The minimum absolute atomic E-state index is 0.0867. The highest BCUT2D eigenvalue weighted by molar-refractivity contribution is 5.70. The molecule has 0 saturated heterocycles. The molecule has 1 N–H and O–H groups in total. The van der Waals surface area contributed by atoms with Crippen LogP contribution < -0.4 is 0 Å². The average Bonchev–Trinajstić information content (AvgIpc) is 3.15. The van der Waals surface area contributed by atoms with Crippen molar-refractivity contribution in [3.05, 3.63) is 72.9 Å². The van der Waals surface area contributed by atoms with Gasteiger partial charge in [-0.05, 0) is 83.5 Å². The average molecular weight is 725 g/mol. The van der Waals surface area contributed by atoms with Crippen LogP contribution in [0.4, 0.5) is 0 Å². The number of hydrogen-bond acceptors (Lipinski definition) is 5. The molecule has 0 amide bonds. The SMILES string of the molecule is CCC=CCC=CCC=CCC=CCC=CCCCCCC(=O)OCC(CO)OC(=O)CCCCCCCCCCCC=CCCCCCCCC. The second-order valence-electron chi connectivity index (χ2n) is 14.0. The van der Waals surface area contributed by atoms with Gasteiger partial charge in [0, 0.05) is 12.8 Å². The van der Waals surface area contributed by atoms with Gasteiger partial charge in [-0.1, -0.05) is 170 Å². The minimum Gasteiger partial charge on any atom is -0.462 e. The van der Waals surface area contributed by atoms with Crippen LogP contribution in [0.5, 0.6) is 0 Å². The second-order valence-corrected chi connectivity index (χ2v) is 14.0. The fraction of sp³-hybridized carbons (Fsp3) is 0.702. The van der Waals surface area contributed by atoms with E-state index < -0.39 is 6.10 Å². The lowest BCUT2D eigenvalue weighted by molar-refractivity contribution is -0.161. The van der Waals surface area contributed by atoms with E-state index >= 15 is 0 Å². The topological polar surface area (TPSA) is 72.8 Å². The van der Waals surface area contributed by atoms with Crippen LogP contribution >= 0.6 is 0 Å². The van der Waals surface area contributed by atoms with Crippen molar-refractivity contribution in [3.63, 3.8) is 0 Å². The molecule has 298 valence electrons. The maximum atomic E-state index is 12.2. The summed E-state index contributed by atoms with van der Waals surface area (Å²) in [4.78, 5) is 24.3. The normalized spacial score (nSPS) is 12.9. The largest absolute Gasteiger partial charge is 0.462 e. The van der Waals surface area contributed by atoms with E-state index in [-0.39, 0.29) is 25.2 Å². The van der Waals surface area contributed by atoms with E-state index in [4.69, 9.17) is 9.47 Å². The fourth-order valence-electron chi connectivity index (χ4n) is 5.75. The lowest BCUT2D eigenvalue weighted by Gasteiger charge is -2.15. The van der Waals surface area contributed by atoms with Gasteiger partial charge in [0.25, 0.3) is 0 Å². The number of esters is 2. The highest BCUT2D eigenvalue weighted by atomic mass is 16.6. The summed E-state index contributed by atoms with van der Waals surface area (Å²) in [6, 6.07) is 0. The Hall–Kier alpha value is -2.66. The van der Waals surface area contributed by atoms with Crippen molar-refractivity contribution in [3.8, 4) is 0 Å². The number of ether oxygens (including phenoxy) is 2. The first-order valence-corrected chi connectivity index (χ1v) is 21.5. The number of aliphatic hydroxyl groups excluding tert-OH is 1. The van der Waals surface area contributed by atoms with Gasteiger partial charge in [0.05, 0.1) is 6.61 Å². The molecule has 0 aliphatic carbocycles. The molecule has 0 saturated carbocycles. The highest BCUT2D eigenvalue weighted by Crippen LogP contribution is 2.13. The number of carbonyl (C=O) groups excluding carboxylic acids is 2. The molecule has 0 fully saturated rings. The highest BCUT2D eigenvalue weighted by Gasteiger charge is 2.16.